The highest BCUT2D eigenvalue weighted by Crippen LogP contribution is 2.18. The van der Waals surface area contributed by atoms with Crippen LogP contribution in [0.1, 0.15) is 55.4 Å². The van der Waals surface area contributed by atoms with Crippen LogP contribution in [0.15, 0.2) is 0 Å². The van der Waals surface area contributed by atoms with Gasteiger partial charge in [0.25, 0.3) is 0 Å². The smallest absolute Gasteiger partial charge is 0.410 e. The molecule has 138 valence electrons. The standard InChI is InChI=1S/C16H34N2O4S/c1-14(2,3)18(13(19)22-15(4,5)6)11-10-17-12-16(7,8)23(9,20)21/h17H,10-12H2,1-9H3. The lowest BCUT2D eigenvalue weighted by Crippen LogP contribution is -2.51. The second-order valence-electron chi connectivity index (χ2n) is 8.51. The Kier molecular flexibility index (Phi) is 7.12. The van der Waals surface area contributed by atoms with Crippen LogP contribution < -0.4 is 5.32 Å². The molecule has 0 aliphatic carbocycles. The second-order valence-corrected chi connectivity index (χ2v) is 11.2. The van der Waals surface area contributed by atoms with Crippen LogP contribution in [0.5, 0.6) is 0 Å². The zero-order chi connectivity index (χ0) is 18.7. The third-order valence-corrected chi connectivity index (χ3v) is 5.64. The summed E-state index contributed by atoms with van der Waals surface area (Å²) in [7, 11) is -3.14. The summed E-state index contributed by atoms with van der Waals surface area (Å²) in [4.78, 5) is 14.0. The average Bonchev–Trinajstić information content (AvgIpc) is 2.22. The van der Waals surface area contributed by atoms with Crippen LogP contribution in [-0.2, 0) is 14.6 Å². The van der Waals surface area contributed by atoms with Crippen LogP contribution in [0.25, 0.3) is 0 Å². The van der Waals surface area contributed by atoms with Gasteiger partial charge in [0.1, 0.15) is 5.60 Å². The predicted octanol–water partition coefficient (Wildman–Crippen LogP) is 2.43. The Morgan fingerprint density at radius 2 is 1.52 bits per heavy atom. The van der Waals surface area contributed by atoms with Crippen molar-refractivity contribution in [3.63, 3.8) is 0 Å². The quantitative estimate of drug-likeness (QED) is 0.745. The number of ether oxygens (including phenoxy) is 1. The van der Waals surface area contributed by atoms with Crippen molar-refractivity contribution >= 4 is 15.9 Å². The summed E-state index contributed by atoms with van der Waals surface area (Å²) in [6, 6.07) is 0. The maximum absolute atomic E-state index is 12.3. The van der Waals surface area contributed by atoms with Crippen LogP contribution >= 0.6 is 0 Å². The van der Waals surface area contributed by atoms with Gasteiger partial charge in [0.05, 0.1) is 4.75 Å². The molecule has 0 heterocycles. The van der Waals surface area contributed by atoms with Crippen LogP contribution in [0, 0.1) is 0 Å². The first-order valence-corrected chi connectivity index (χ1v) is 9.77. The zero-order valence-corrected chi connectivity index (χ0v) is 16.9. The summed E-state index contributed by atoms with van der Waals surface area (Å²) in [6.07, 6.45) is 0.866. The normalized spacial score (nSPS) is 13.8. The summed E-state index contributed by atoms with van der Waals surface area (Å²) >= 11 is 0. The number of nitrogens with zero attached hydrogens (tertiary/aromatic N) is 1. The van der Waals surface area contributed by atoms with Gasteiger partial charge in [-0.25, -0.2) is 13.2 Å². The Balaban J connectivity index is 4.70. The molecule has 0 unspecified atom stereocenters. The Morgan fingerprint density at radius 3 is 1.87 bits per heavy atom. The Morgan fingerprint density at radius 1 is 1.04 bits per heavy atom. The molecule has 0 rings (SSSR count). The third kappa shape index (κ3) is 8.01. The minimum absolute atomic E-state index is 0.331. The van der Waals surface area contributed by atoms with Gasteiger partial charge in [0, 0.05) is 31.4 Å². The first-order chi connectivity index (χ1) is 9.97. The van der Waals surface area contributed by atoms with Crippen LogP contribution in [-0.4, -0.2) is 61.2 Å². The highest BCUT2D eigenvalue weighted by Gasteiger charge is 2.32. The zero-order valence-electron chi connectivity index (χ0n) is 16.1. The molecule has 1 N–H and O–H groups in total. The summed E-state index contributed by atoms with van der Waals surface area (Å²) in [5, 5.41) is 3.12. The fourth-order valence-electron chi connectivity index (χ4n) is 1.73. The molecule has 0 saturated heterocycles. The lowest BCUT2D eigenvalue weighted by Gasteiger charge is -2.37. The Labute approximate surface area is 141 Å². The molecule has 0 radical (unpaired) electrons. The van der Waals surface area contributed by atoms with Gasteiger partial charge in [-0.1, -0.05) is 0 Å². The molecule has 23 heavy (non-hydrogen) atoms. The lowest BCUT2D eigenvalue weighted by molar-refractivity contribution is 0.00663. The number of hydrogen-bond donors (Lipinski definition) is 1. The highest BCUT2D eigenvalue weighted by molar-refractivity contribution is 7.92. The number of amides is 1. The molecule has 0 saturated carbocycles. The van der Waals surface area contributed by atoms with Crippen LogP contribution in [0.3, 0.4) is 0 Å². The molecular formula is C16H34N2O4S. The number of hydrogen-bond acceptors (Lipinski definition) is 5. The van der Waals surface area contributed by atoms with E-state index in [2.05, 4.69) is 5.32 Å². The molecule has 0 aliphatic heterocycles. The van der Waals surface area contributed by atoms with Crippen molar-refractivity contribution < 1.29 is 17.9 Å². The molecule has 7 heteroatoms. The van der Waals surface area contributed by atoms with Gasteiger partial charge in [-0.2, -0.15) is 0 Å². The van der Waals surface area contributed by atoms with Crippen molar-refractivity contribution in [1.29, 1.82) is 0 Å². The number of rotatable bonds is 6. The molecule has 0 aliphatic rings. The molecule has 0 spiro atoms. The Hall–Kier alpha value is -0.820. The van der Waals surface area contributed by atoms with E-state index in [0.717, 1.165) is 0 Å². The largest absolute Gasteiger partial charge is 0.444 e. The molecule has 0 aromatic rings. The van der Waals surface area contributed by atoms with Crippen LogP contribution in [0.4, 0.5) is 4.79 Å². The average molecular weight is 351 g/mol. The number of sulfone groups is 1. The molecule has 1 amide bonds. The van der Waals surface area contributed by atoms with Crippen LogP contribution in [0.2, 0.25) is 0 Å². The summed E-state index contributed by atoms with van der Waals surface area (Å²) in [5.74, 6) is 0. The van der Waals surface area contributed by atoms with Crippen molar-refractivity contribution in [2.24, 2.45) is 0 Å². The van der Waals surface area contributed by atoms with E-state index >= 15 is 0 Å². The van der Waals surface area contributed by atoms with Crippen molar-refractivity contribution in [3.8, 4) is 0 Å². The molecule has 0 atom stereocenters. The van der Waals surface area contributed by atoms with Crippen molar-refractivity contribution in [2.75, 3.05) is 25.9 Å². The summed E-state index contributed by atoms with van der Waals surface area (Å²) in [6.45, 7) is 16.0. The number of carbonyl (C=O) groups excluding carboxylic acids is 1. The fourth-order valence-corrected chi connectivity index (χ4v) is 2.09. The van der Waals surface area contributed by atoms with E-state index in [4.69, 9.17) is 4.74 Å². The predicted molar refractivity (Wildman–Crippen MR) is 94.5 cm³/mol. The van der Waals surface area contributed by atoms with Gasteiger partial charge in [-0.05, 0) is 55.4 Å². The van der Waals surface area contributed by atoms with E-state index in [1.54, 1.807) is 18.7 Å². The highest BCUT2D eigenvalue weighted by atomic mass is 32.2. The molecule has 0 aromatic carbocycles. The van der Waals surface area contributed by atoms with Gasteiger partial charge in [0.2, 0.25) is 0 Å². The van der Waals surface area contributed by atoms with E-state index in [0.29, 0.717) is 19.6 Å². The number of nitrogens with one attached hydrogen (secondary N) is 1. The maximum atomic E-state index is 12.3. The minimum Gasteiger partial charge on any atom is -0.444 e. The van der Waals surface area contributed by atoms with E-state index in [1.165, 1.54) is 6.26 Å². The molecular weight excluding hydrogens is 316 g/mol. The van der Waals surface area contributed by atoms with E-state index in [9.17, 15) is 13.2 Å². The third-order valence-electron chi connectivity index (χ3n) is 3.49. The molecule has 0 fully saturated rings. The first-order valence-electron chi connectivity index (χ1n) is 7.88. The first kappa shape index (κ1) is 22.2. The van der Waals surface area contributed by atoms with Gasteiger partial charge in [0.15, 0.2) is 9.84 Å². The summed E-state index contributed by atoms with van der Waals surface area (Å²) in [5.41, 5.74) is -0.928. The fraction of sp³-hybridized carbons (Fsp3) is 0.938. The van der Waals surface area contributed by atoms with E-state index in [1.807, 2.05) is 41.5 Å². The molecule has 6 nitrogen and oxygen atoms in total. The molecule has 0 aromatic heterocycles. The van der Waals surface area contributed by atoms with Gasteiger partial charge in [-0.3, -0.25) is 0 Å². The maximum Gasteiger partial charge on any atom is 0.410 e. The van der Waals surface area contributed by atoms with Gasteiger partial charge >= 0.3 is 6.09 Å². The topological polar surface area (TPSA) is 75.7 Å². The van der Waals surface area contributed by atoms with Crippen molar-refractivity contribution in [3.05, 3.63) is 0 Å². The minimum atomic E-state index is -3.14. The van der Waals surface area contributed by atoms with E-state index < -0.39 is 20.2 Å². The monoisotopic (exact) mass is 350 g/mol. The second kappa shape index (κ2) is 7.38. The van der Waals surface area contributed by atoms with Crippen molar-refractivity contribution in [1.82, 2.24) is 10.2 Å². The van der Waals surface area contributed by atoms with Gasteiger partial charge in [-0.15, -0.1) is 0 Å². The van der Waals surface area contributed by atoms with Gasteiger partial charge < -0.3 is 15.0 Å². The van der Waals surface area contributed by atoms with Crippen molar-refractivity contribution in [2.45, 2.75) is 71.3 Å². The molecule has 0 bridgehead atoms. The number of carbonyl (C=O) groups is 1. The van der Waals surface area contributed by atoms with E-state index in [-0.39, 0.29) is 11.6 Å². The Bertz CT molecular complexity index is 499. The SMILES string of the molecule is CC(C)(C)OC(=O)N(CCNCC(C)(C)S(C)(=O)=O)C(C)(C)C. The summed E-state index contributed by atoms with van der Waals surface area (Å²) < 4.78 is 28.0. The lowest BCUT2D eigenvalue weighted by atomic mass is 10.1.